The minimum Gasteiger partial charge on any atom is -0.493 e. The van der Waals surface area contributed by atoms with Gasteiger partial charge in [-0.2, -0.15) is 0 Å². The lowest BCUT2D eigenvalue weighted by Crippen LogP contribution is -2.20. The van der Waals surface area contributed by atoms with Crippen molar-refractivity contribution in [2.75, 3.05) is 13.2 Å². The van der Waals surface area contributed by atoms with Crippen LogP contribution in [0.4, 0.5) is 4.39 Å². The molecule has 0 amide bonds. The molecule has 2 nitrogen and oxygen atoms in total. The number of nitrogens with one attached hydrogen (secondary N) is 1. The summed E-state index contributed by atoms with van der Waals surface area (Å²) < 4.78 is 18.8. The first-order valence-electron chi connectivity index (χ1n) is 5.57. The van der Waals surface area contributed by atoms with E-state index in [2.05, 4.69) is 12.2 Å². The van der Waals surface area contributed by atoms with E-state index in [1.807, 2.05) is 0 Å². The highest BCUT2D eigenvalue weighted by Gasteiger charge is 2.20. The predicted octanol–water partition coefficient (Wildman–Crippen LogP) is 3.30. The zero-order chi connectivity index (χ0) is 11.5. The third-order valence-electron chi connectivity index (χ3n) is 2.77. The molecule has 4 heteroatoms. The van der Waals surface area contributed by atoms with Crippen molar-refractivity contribution in [3.63, 3.8) is 0 Å². The summed E-state index contributed by atoms with van der Waals surface area (Å²) in [6, 6.07) is 3.26. The molecule has 16 heavy (non-hydrogen) atoms. The monoisotopic (exact) mass is 243 g/mol. The average Bonchev–Trinajstić information content (AvgIpc) is 2.44. The lowest BCUT2D eigenvalue weighted by molar-refractivity contribution is 0.314. The normalized spacial score (nSPS) is 19.8. The van der Waals surface area contributed by atoms with Crippen molar-refractivity contribution in [3.8, 4) is 5.75 Å². The smallest absolute Gasteiger partial charge is 0.145 e. The molecule has 0 aliphatic carbocycles. The molecule has 1 unspecified atom stereocenters. The summed E-state index contributed by atoms with van der Waals surface area (Å²) >= 11 is 5.81. The number of hydrogen-bond acceptors (Lipinski definition) is 2. The maximum atomic E-state index is 13.3. The van der Waals surface area contributed by atoms with Crippen LogP contribution in [0.15, 0.2) is 12.1 Å². The zero-order valence-corrected chi connectivity index (χ0v) is 9.98. The molecule has 0 saturated carbocycles. The third-order valence-corrected chi connectivity index (χ3v) is 3.06. The Morgan fingerprint density at radius 2 is 2.38 bits per heavy atom. The first kappa shape index (κ1) is 11.7. The van der Waals surface area contributed by atoms with Gasteiger partial charge in [0.1, 0.15) is 11.6 Å². The number of benzene rings is 1. The highest BCUT2D eigenvalue weighted by molar-refractivity contribution is 6.30. The van der Waals surface area contributed by atoms with Gasteiger partial charge in [-0.1, -0.05) is 18.5 Å². The summed E-state index contributed by atoms with van der Waals surface area (Å²) in [5.41, 5.74) is 0.964. The van der Waals surface area contributed by atoms with E-state index in [1.54, 1.807) is 6.07 Å². The summed E-state index contributed by atoms with van der Waals surface area (Å²) in [6.07, 6.45) is 1.95. The molecule has 0 radical (unpaired) electrons. The molecule has 0 fully saturated rings. The van der Waals surface area contributed by atoms with Gasteiger partial charge in [0.25, 0.3) is 0 Å². The molecule has 1 aliphatic heterocycles. The minimum absolute atomic E-state index is 0.159. The quantitative estimate of drug-likeness (QED) is 0.861. The Hall–Kier alpha value is -0.800. The van der Waals surface area contributed by atoms with E-state index in [0.29, 0.717) is 12.4 Å². The van der Waals surface area contributed by atoms with Gasteiger partial charge >= 0.3 is 0 Å². The van der Waals surface area contributed by atoms with Crippen LogP contribution in [0.2, 0.25) is 5.02 Å². The molecule has 88 valence electrons. The second kappa shape index (κ2) is 5.02. The van der Waals surface area contributed by atoms with Crippen LogP contribution in [0.1, 0.15) is 31.4 Å². The Kier molecular flexibility index (Phi) is 3.66. The van der Waals surface area contributed by atoms with Crippen molar-refractivity contribution in [2.45, 2.75) is 25.8 Å². The first-order chi connectivity index (χ1) is 7.72. The van der Waals surface area contributed by atoms with Crippen LogP contribution in [0, 0.1) is 5.82 Å². The average molecular weight is 244 g/mol. The molecule has 0 spiro atoms. The lowest BCUT2D eigenvalue weighted by atomic mass is 10.0. The van der Waals surface area contributed by atoms with Crippen LogP contribution in [0.5, 0.6) is 5.75 Å². The molecule has 1 N–H and O–H groups in total. The molecule has 1 heterocycles. The molecule has 0 bridgehead atoms. The van der Waals surface area contributed by atoms with Crippen LogP contribution in [0.25, 0.3) is 0 Å². The number of ether oxygens (including phenoxy) is 1. The van der Waals surface area contributed by atoms with Gasteiger partial charge in [-0.15, -0.1) is 0 Å². The molecular formula is C12H15ClFNO. The third kappa shape index (κ3) is 2.30. The highest BCUT2D eigenvalue weighted by Crippen LogP contribution is 2.34. The summed E-state index contributed by atoms with van der Waals surface area (Å²) in [4.78, 5) is 0. The largest absolute Gasteiger partial charge is 0.493 e. The Bertz CT molecular complexity index is 384. The SMILES string of the molecule is CCNC1CCCOc2cc(F)c(Cl)cc21. The van der Waals surface area contributed by atoms with Crippen LogP contribution < -0.4 is 10.1 Å². The van der Waals surface area contributed by atoms with E-state index < -0.39 is 5.82 Å². The fourth-order valence-electron chi connectivity index (χ4n) is 2.02. The maximum Gasteiger partial charge on any atom is 0.145 e. The second-order valence-electron chi connectivity index (χ2n) is 3.91. The second-order valence-corrected chi connectivity index (χ2v) is 4.31. The van der Waals surface area contributed by atoms with Crippen molar-refractivity contribution < 1.29 is 9.13 Å². The van der Waals surface area contributed by atoms with Crippen LogP contribution in [0.3, 0.4) is 0 Å². The van der Waals surface area contributed by atoms with Crippen molar-refractivity contribution in [1.82, 2.24) is 5.32 Å². The summed E-state index contributed by atoms with van der Waals surface area (Å²) in [5, 5.41) is 3.53. The minimum atomic E-state index is -0.419. The molecule has 0 aromatic heterocycles. The lowest BCUT2D eigenvalue weighted by Gasteiger charge is -2.17. The molecule has 0 saturated heterocycles. The maximum absolute atomic E-state index is 13.3. The summed E-state index contributed by atoms with van der Waals surface area (Å²) in [5.74, 6) is 0.197. The standard InChI is InChI=1S/C12H15ClFNO/c1-2-15-11-4-3-5-16-12-7-10(14)9(13)6-8(11)12/h6-7,11,15H,2-5H2,1H3. The van der Waals surface area contributed by atoms with Crippen molar-refractivity contribution in [1.29, 1.82) is 0 Å². The van der Waals surface area contributed by atoms with Gasteiger partial charge in [-0.25, -0.2) is 4.39 Å². The Labute approximate surface area is 99.7 Å². The number of fused-ring (bicyclic) bond motifs is 1. The van der Waals surface area contributed by atoms with E-state index in [0.717, 1.165) is 24.9 Å². The van der Waals surface area contributed by atoms with Gasteiger partial charge in [0.2, 0.25) is 0 Å². The number of halogens is 2. The molecule has 1 aliphatic rings. The fraction of sp³-hybridized carbons (Fsp3) is 0.500. The van der Waals surface area contributed by atoms with Crippen molar-refractivity contribution >= 4 is 11.6 Å². The highest BCUT2D eigenvalue weighted by atomic mass is 35.5. The van der Waals surface area contributed by atoms with E-state index in [1.165, 1.54) is 6.07 Å². The first-order valence-corrected chi connectivity index (χ1v) is 5.95. The molecular weight excluding hydrogens is 229 g/mol. The number of rotatable bonds is 2. The van der Waals surface area contributed by atoms with Crippen LogP contribution in [-0.4, -0.2) is 13.2 Å². The Morgan fingerprint density at radius 1 is 1.56 bits per heavy atom. The van der Waals surface area contributed by atoms with E-state index in [-0.39, 0.29) is 11.1 Å². The topological polar surface area (TPSA) is 21.3 Å². The van der Waals surface area contributed by atoms with E-state index >= 15 is 0 Å². The molecule has 1 aromatic carbocycles. The van der Waals surface area contributed by atoms with Crippen molar-refractivity contribution in [3.05, 3.63) is 28.5 Å². The van der Waals surface area contributed by atoms with Gasteiger partial charge in [-0.05, 0) is 25.5 Å². The predicted molar refractivity (Wildman–Crippen MR) is 62.6 cm³/mol. The van der Waals surface area contributed by atoms with Gasteiger partial charge < -0.3 is 10.1 Å². The van der Waals surface area contributed by atoms with Gasteiger partial charge in [0.05, 0.1) is 11.6 Å². The molecule has 1 aromatic rings. The van der Waals surface area contributed by atoms with Gasteiger partial charge in [0.15, 0.2) is 0 Å². The number of hydrogen-bond donors (Lipinski definition) is 1. The van der Waals surface area contributed by atoms with Crippen molar-refractivity contribution in [2.24, 2.45) is 0 Å². The van der Waals surface area contributed by atoms with Gasteiger partial charge in [-0.3, -0.25) is 0 Å². The van der Waals surface area contributed by atoms with E-state index in [4.69, 9.17) is 16.3 Å². The van der Waals surface area contributed by atoms with Gasteiger partial charge in [0, 0.05) is 17.7 Å². The fourth-order valence-corrected chi connectivity index (χ4v) is 2.20. The molecule has 1 atom stereocenters. The Morgan fingerprint density at radius 3 is 3.12 bits per heavy atom. The zero-order valence-electron chi connectivity index (χ0n) is 9.22. The molecule has 2 rings (SSSR count). The van der Waals surface area contributed by atoms with Crippen LogP contribution in [-0.2, 0) is 0 Å². The summed E-state index contributed by atoms with van der Waals surface area (Å²) in [7, 11) is 0. The Balaban J connectivity index is 2.39. The van der Waals surface area contributed by atoms with E-state index in [9.17, 15) is 4.39 Å². The summed E-state index contributed by atoms with van der Waals surface area (Å²) in [6.45, 7) is 3.56. The van der Waals surface area contributed by atoms with Crippen LogP contribution >= 0.6 is 11.6 Å².